The largest absolute Gasteiger partial charge is 0.431 e. The van der Waals surface area contributed by atoms with E-state index in [1.54, 1.807) is 24.3 Å². The number of nitrogens with one attached hydrogen (secondary N) is 1. The first kappa shape index (κ1) is 14.3. The molecule has 0 aliphatic heterocycles. The molecule has 0 spiro atoms. The first-order valence-corrected chi connectivity index (χ1v) is 5.93. The molecular formula is C13H12N4O4. The van der Waals surface area contributed by atoms with Crippen LogP contribution in [0.5, 0.6) is 11.6 Å². The van der Waals surface area contributed by atoms with Crippen molar-refractivity contribution in [1.82, 2.24) is 4.98 Å². The smallest absolute Gasteiger partial charge is 0.331 e. The van der Waals surface area contributed by atoms with Crippen molar-refractivity contribution in [3.8, 4) is 11.6 Å². The molecule has 1 aromatic heterocycles. The fourth-order valence-electron chi connectivity index (χ4n) is 1.61. The van der Waals surface area contributed by atoms with Crippen LogP contribution in [0.3, 0.4) is 0 Å². The van der Waals surface area contributed by atoms with Gasteiger partial charge in [0.2, 0.25) is 5.91 Å². The molecule has 2 aromatic rings. The number of rotatable bonds is 4. The minimum absolute atomic E-state index is 0.0904. The van der Waals surface area contributed by atoms with Gasteiger partial charge in [-0.05, 0) is 18.2 Å². The van der Waals surface area contributed by atoms with Crippen LogP contribution in [0.25, 0.3) is 0 Å². The number of ether oxygens (including phenoxy) is 1. The van der Waals surface area contributed by atoms with E-state index in [1.807, 2.05) is 0 Å². The zero-order valence-corrected chi connectivity index (χ0v) is 11.1. The number of nitrogens with two attached hydrogens (primary N) is 1. The lowest BCUT2D eigenvalue weighted by molar-refractivity contribution is -0.386. The number of benzene rings is 1. The van der Waals surface area contributed by atoms with E-state index in [0.717, 1.165) is 0 Å². The molecule has 0 atom stereocenters. The van der Waals surface area contributed by atoms with Crippen LogP contribution in [0.4, 0.5) is 17.2 Å². The molecule has 1 amide bonds. The van der Waals surface area contributed by atoms with E-state index < -0.39 is 4.92 Å². The van der Waals surface area contributed by atoms with Gasteiger partial charge in [-0.2, -0.15) is 4.98 Å². The number of carbonyl (C=O) groups excluding carboxylic acids is 1. The lowest BCUT2D eigenvalue weighted by Crippen LogP contribution is -2.07. The average Bonchev–Trinajstić information content (AvgIpc) is 2.40. The summed E-state index contributed by atoms with van der Waals surface area (Å²) in [7, 11) is 0. The SMILES string of the molecule is CC(=O)Nc1ccccc1Oc1nc(N)ccc1[N+](=O)[O-]. The van der Waals surface area contributed by atoms with Crippen LogP contribution in [0.15, 0.2) is 36.4 Å². The van der Waals surface area contributed by atoms with Gasteiger partial charge in [-0.3, -0.25) is 14.9 Å². The van der Waals surface area contributed by atoms with Gasteiger partial charge < -0.3 is 15.8 Å². The number of pyridine rings is 1. The van der Waals surface area contributed by atoms with E-state index in [9.17, 15) is 14.9 Å². The lowest BCUT2D eigenvalue weighted by atomic mass is 10.3. The Kier molecular flexibility index (Phi) is 3.98. The van der Waals surface area contributed by atoms with Crippen molar-refractivity contribution in [2.75, 3.05) is 11.1 Å². The summed E-state index contributed by atoms with van der Waals surface area (Å²) >= 11 is 0. The van der Waals surface area contributed by atoms with Gasteiger partial charge in [0, 0.05) is 13.0 Å². The van der Waals surface area contributed by atoms with Crippen LogP contribution >= 0.6 is 0 Å². The molecule has 1 heterocycles. The molecule has 8 heteroatoms. The number of aromatic nitrogens is 1. The summed E-state index contributed by atoms with van der Waals surface area (Å²) in [6.07, 6.45) is 0. The van der Waals surface area contributed by atoms with Crippen LogP contribution in [-0.4, -0.2) is 15.8 Å². The molecular weight excluding hydrogens is 276 g/mol. The van der Waals surface area contributed by atoms with Gasteiger partial charge in [-0.15, -0.1) is 0 Å². The van der Waals surface area contributed by atoms with Crippen molar-refractivity contribution in [3.05, 3.63) is 46.5 Å². The van der Waals surface area contributed by atoms with E-state index in [4.69, 9.17) is 10.5 Å². The fourth-order valence-corrected chi connectivity index (χ4v) is 1.61. The molecule has 2 rings (SSSR count). The summed E-state index contributed by atoms with van der Waals surface area (Å²) in [4.78, 5) is 25.3. The highest BCUT2D eigenvalue weighted by atomic mass is 16.6. The van der Waals surface area contributed by atoms with Gasteiger partial charge in [0.05, 0.1) is 10.6 Å². The van der Waals surface area contributed by atoms with Crippen LogP contribution in [0.1, 0.15) is 6.92 Å². The number of anilines is 2. The van der Waals surface area contributed by atoms with Crippen molar-refractivity contribution < 1.29 is 14.5 Å². The Morgan fingerprint density at radius 1 is 1.33 bits per heavy atom. The highest BCUT2D eigenvalue weighted by Crippen LogP contribution is 2.33. The van der Waals surface area contributed by atoms with Crippen molar-refractivity contribution in [1.29, 1.82) is 0 Å². The minimum atomic E-state index is -0.622. The number of nitro groups is 1. The molecule has 108 valence electrons. The maximum Gasteiger partial charge on any atom is 0.331 e. The topological polar surface area (TPSA) is 120 Å². The van der Waals surface area contributed by atoms with Crippen LogP contribution in [0.2, 0.25) is 0 Å². The third-order valence-electron chi connectivity index (χ3n) is 2.46. The second-order valence-corrected chi connectivity index (χ2v) is 4.10. The maximum absolute atomic E-state index is 11.1. The van der Waals surface area contributed by atoms with Gasteiger partial charge in [0.25, 0.3) is 0 Å². The standard InChI is InChI=1S/C13H12N4O4/c1-8(18)15-9-4-2-3-5-11(9)21-13-10(17(19)20)6-7-12(14)16-13/h2-7H,1H3,(H2,14,16)(H,15,18). The predicted octanol–water partition coefficient (Wildman–Crippen LogP) is 2.32. The number of hydrogen-bond donors (Lipinski definition) is 2. The Hall–Kier alpha value is -3.16. The number of carbonyl (C=O) groups is 1. The number of nitrogen functional groups attached to an aromatic ring is 1. The number of amides is 1. The summed E-state index contributed by atoms with van der Waals surface area (Å²) in [6, 6.07) is 9.04. The molecule has 0 bridgehead atoms. The third kappa shape index (κ3) is 3.44. The minimum Gasteiger partial charge on any atom is -0.431 e. The van der Waals surface area contributed by atoms with Gasteiger partial charge >= 0.3 is 11.6 Å². The van der Waals surface area contributed by atoms with E-state index in [1.165, 1.54) is 19.1 Å². The summed E-state index contributed by atoms with van der Waals surface area (Å²) in [5.74, 6) is -0.208. The lowest BCUT2D eigenvalue weighted by Gasteiger charge is -2.10. The van der Waals surface area contributed by atoms with Gasteiger partial charge in [-0.25, -0.2) is 0 Å². The first-order valence-electron chi connectivity index (χ1n) is 5.93. The molecule has 0 saturated carbocycles. The Bertz CT molecular complexity index is 702. The maximum atomic E-state index is 11.1. The molecule has 8 nitrogen and oxygen atoms in total. The Balaban J connectivity index is 2.40. The molecule has 21 heavy (non-hydrogen) atoms. The molecule has 0 aliphatic rings. The quantitative estimate of drug-likeness (QED) is 0.658. The second-order valence-electron chi connectivity index (χ2n) is 4.10. The normalized spacial score (nSPS) is 9.95. The molecule has 0 radical (unpaired) electrons. The van der Waals surface area contributed by atoms with Crippen LogP contribution in [-0.2, 0) is 4.79 Å². The van der Waals surface area contributed by atoms with Crippen molar-refractivity contribution in [2.24, 2.45) is 0 Å². The van der Waals surface area contributed by atoms with E-state index in [0.29, 0.717) is 5.69 Å². The third-order valence-corrected chi connectivity index (χ3v) is 2.46. The molecule has 0 fully saturated rings. The Morgan fingerprint density at radius 3 is 2.71 bits per heavy atom. The van der Waals surface area contributed by atoms with E-state index in [-0.39, 0.29) is 29.0 Å². The summed E-state index contributed by atoms with van der Waals surface area (Å²) in [5, 5.41) is 13.5. The Labute approximate surface area is 119 Å². The van der Waals surface area contributed by atoms with Crippen molar-refractivity contribution in [3.63, 3.8) is 0 Å². The van der Waals surface area contributed by atoms with Gasteiger partial charge in [0.1, 0.15) is 5.82 Å². The summed E-state index contributed by atoms with van der Waals surface area (Å²) in [6.45, 7) is 1.35. The molecule has 0 unspecified atom stereocenters. The molecule has 0 aliphatic carbocycles. The fraction of sp³-hybridized carbons (Fsp3) is 0.0769. The van der Waals surface area contributed by atoms with Crippen molar-refractivity contribution >= 4 is 23.1 Å². The monoisotopic (exact) mass is 288 g/mol. The molecule has 0 saturated heterocycles. The van der Waals surface area contributed by atoms with Crippen LogP contribution < -0.4 is 15.8 Å². The number of nitrogens with zero attached hydrogens (tertiary/aromatic N) is 2. The molecule has 3 N–H and O–H groups in total. The Morgan fingerprint density at radius 2 is 2.05 bits per heavy atom. The van der Waals surface area contributed by atoms with Crippen molar-refractivity contribution in [2.45, 2.75) is 6.92 Å². The summed E-state index contributed by atoms with van der Waals surface area (Å²) in [5.41, 5.74) is 5.58. The van der Waals surface area contributed by atoms with Gasteiger partial charge in [0.15, 0.2) is 5.75 Å². The average molecular weight is 288 g/mol. The highest BCUT2D eigenvalue weighted by Gasteiger charge is 2.19. The first-order chi connectivity index (χ1) is 9.97. The number of para-hydroxylation sites is 2. The highest BCUT2D eigenvalue weighted by molar-refractivity contribution is 5.90. The summed E-state index contributed by atoms with van der Waals surface area (Å²) < 4.78 is 5.44. The van der Waals surface area contributed by atoms with E-state index >= 15 is 0 Å². The second kappa shape index (κ2) is 5.87. The zero-order chi connectivity index (χ0) is 15.4. The predicted molar refractivity (Wildman–Crippen MR) is 76.1 cm³/mol. The zero-order valence-electron chi connectivity index (χ0n) is 11.1. The molecule has 1 aromatic carbocycles. The number of hydrogen-bond acceptors (Lipinski definition) is 6. The van der Waals surface area contributed by atoms with Gasteiger partial charge in [-0.1, -0.05) is 12.1 Å². The van der Waals surface area contributed by atoms with Crippen LogP contribution in [0, 0.1) is 10.1 Å². The van der Waals surface area contributed by atoms with E-state index in [2.05, 4.69) is 10.3 Å².